The molecule has 2 aliphatic rings. The summed E-state index contributed by atoms with van der Waals surface area (Å²) in [6.45, 7) is 3.04. The Labute approximate surface area is 303 Å². The predicted molar refractivity (Wildman–Crippen MR) is 189 cm³/mol. The van der Waals surface area contributed by atoms with E-state index in [1.807, 2.05) is 47.6 Å². The molecule has 4 aromatic rings. The van der Waals surface area contributed by atoms with Crippen molar-refractivity contribution in [3.8, 4) is 17.2 Å². The molecule has 0 saturated carbocycles. The highest BCUT2D eigenvalue weighted by atomic mass is 32.2. The molecular formula is C34H32N7O9S2+. The van der Waals surface area contributed by atoms with E-state index in [2.05, 4.69) is 15.5 Å². The quantitative estimate of drug-likeness (QED) is 0.0403. The van der Waals surface area contributed by atoms with E-state index in [9.17, 15) is 39.6 Å². The number of carbonyl (C=O) groups excluding carboxylic acids is 2. The van der Waals surface area contributed by atoms with E-state index in [1.54, 1.807) is 22.8 Å². The van der Waals surface area contributed by atoms with Gasteiger partial charge in [-0.3, -0.25) is 14.5 Å². The Morgan fingerprint density at radius 1 is 1.13 bits per heavy atom. The largest absolute Gasteiger partial charge is 0.504 e. The number of amides is 2. The first-order chi connectivity index (χ1) is 24.7. The number of imidazole rings is 1. The number of thioether (sulfide) groups is 1. The van der Waals surface area contributed by atoms with Crippen LogP contribution < -0.4 is 15.6 Å². The van der Waals surface area contributed by atoms with Crippen LogP contribution in [-0.2, 0) is 30.6 Å². The number of allylic oxidation sites excluding steroid dienone is 1. The highest BCUT2D eigenvalue weighted by molar-refractivity contribution is 8.00. The number of β-lactam (4-membered cyclic amide) rings is 1. The van der Waals surface area contributed by atoms with E-state index in [0.29, 0.717) is 17.8 Å². The number of aliphatic carboxylic acids is 2. The Morgan fingerprint density at radius 3 is 2.54 bits per heavy atom. The highest BCUT2D eigenvalue weighted by Gasteiger charge is 2.54. The van der Waals surface area contributed by atoms with E-state index < -0.39 is 46.5 Å². The maximum atomic E-state index is 13.3. The maximum absolute atomic E-state index is 13.3. The Bertz CT molecular complexity index is 2170. The molecule has 16 nitrogen and oxygen atoms in total. The third-order valence-corrected chi connectivity index (χ3v) is 10.1. The van der Waals surface area contributed by atoms with Crippen LogP contribution in [0.1, 0.15) is 30.7 Å². The topological polar surface area (TPSA) is 234 Å². The predicted octanol–water partition coefficient (Wildman–Crippen LogP) is 2.30. The lowest BCUT2D eigenvalue weighted by Crippen LogP contribution is -2.71. The lowest BCUT2D eigenvalue weighted by atomic mass is 10.0. The van der Waals surface area contributed by atoms with E-state index in [0.717, 1.165) is 27.4 Å². The molecule has 18 heteroatoms. The first-order valence-corrected chi connectivity index (χ1v) is 17.4. The van der Waals surface area contributed by atoms with Gasteiger partial charge in [-0.2, -0.15) is 0 Å². The maximum Gasteiger partial charge on any atom is 0.352 e. The van der Waals surface area contributed by atoms with Gasteiger partial charge in [-0.25, -0.2) is 23.7 Å². The van der Waals surface area contributed by atoms with Gasteiger partial charge in [0, 0.05) is 17.2 Å². The number of hydrogen-bond donors (Lipinski definition) is 6. The summed E-state index contributed by atoms with van der Waals surface area (Å²) in [6, 6.07) is 11.1. The summed E-state index contributed by atoms with van der Waals surface area (Å²) in [7, 11) is 0. The van der Waals surface area contributed by atoms with Crippen molar-refractivity contribution in [2.45, 2.75) is 37.4 Å². The Kier molecular flexibility index (Phi) is 9.77. The van der Waals surface area contributed by atoms with Crippen molar-refractivity contribution >= 4 is 63.8 Å². The zero-order valence-electron chi connectivity index (χ0n) is 27.5. The molecule has 0 bridgehead atoms. The molecule has 1 fully saturated rings. The Balaban J connectivity index is 1.12. The second-order valence-electron chi connectivity index (χ2n) is 12.2. The first-order valence-electron chi connectivity index (χ1n) is 15.5. The number of carboxylic acids is 2. The molecule has 0 radical (unpaired) electrons. The van der Waals surface area contributed by atoms with Crippen LogP contribution in [0.25, 0.3) is 11.8 Å². The molecule has 0 spiro atoms. The summed E-state index contributed by atoms with van der Waals surface area (Å²) in [6.07, 6.45) is 8.96. The molecular weight excluding hydrogens is 715 g/mol. The van der Waals surface area contributed by atoms with Crippen molar-refractivity contribution < 1.29 is 49.0 Å². The number of hydrogen-bond acceptors (Lipinski definition) is 12. The van der Waals surface area contributed by atoms with Crippen molar-refractivity contribution in [2.75, 3.05) is 11.5 Å². The van der Waals surface area contributed by atoms with Crippen molar-refractivity contribution in [3.63, 3.8) is 0 Å². The second-order valence-corrected chi connectivity index (χ2v) is 14.2. The summed E-state index contributed by atoms with van der Waals surface area (Å²) in [4.78, 5) is 60.8. The van der Waals surface area contributed by atoms with Crippen molar-refractivity contribution in [1.29, 1.82) is 0 Å². The van der Waals surface area contributed by atoms with Crippen LogP contribution in [0.3, 0.4) is 0 Å². The Morgan fingerprint density at radius 2 is 1.88 bits per heavy atom. The number of aromatic hydroxyl groups is 2. The van der Waals surface area contributed by atoms with Crippen LogP contribution in [0.15, 0.2) is 89.1 Å². The highest BCUT2D eigenvalue weighted by Crippen LogP contribution is 2.41. The smallest absolute Gasteiger partial charge is 0.352 e. The number of carbonyl (C=O) groups is 4. The van der Waals surface area contributed by atoms with E-state index in [-0.39, 0.29) is 33.8 Å². The zero-order chi connectivity index (χ0) is 37.3. The van der Waals surface area contributed by atoms with Gasteiger partial charge in [-0.1, -0.05) is 41.6 Å². The SMILES string of the molecule is CC(C)(O/N=C(\C(=O)N[C@@H]1C(=O)N2C(C(=O)O)=C(/C=C/c3ccc(C[n+]4ccn(-c5ccc(O)c(O)c5)c4)cc3)CS[C@H]12)c1csc(N)n1)C(=O)O. The number of rotatable bonds is 12. The number of nitrogens with zero attached hydrogens (tertiary/aromatic N) is 5. The van der Waals surface area contributed by atoms with Crippen LogP contribution >= 0.6 is 23.1 Å². The molecule has 0 aliphatic carbocycles. The molecule has 0 unspecified atom stereocenters. The molecule has 2 aromatic carbocycles. The molecule has 1 saturated heterocycles. The first kappa shape index (κ1) is 35.7. The molecule has 7 N–H and O–H groups in total. The lowest BCUT2D eigenvalue weighted by molar-refractivity contribution is -0.687. The average Bonchev–Trinajstić information content (AvgIpc) is 3.76. The summed E-state index contributed by atoms with van der Waals surface area (Å²) < 4.78 is 3.76. The molecule has 268 valence electrons. The lowest BCUT2D eigenvalue weighted by Gasteiger charge is -2.49. The number of phenolic OH excluding ortho intramolecular Hbond substituents is 2. The van der Waals surface area contributed by atoms with E-state index in [1.165, 1.54) is 43.1 Å². The van der Waals surface area contributed by atoms with Crippen molar-refractivity contribution in [3.05, 3.63) is 101 Å². The monoisotopic (exact) mass is 746 g/mol. The number of carboxylic acid groups (broad SMARTS) is 2. The van der Waals surface area contributed by atoms with Crippen LogP contribution in [0.2, 0.25) is 0 Å². The third-order valence-electron chi connectivity index (χ3n) is 8.12. The molecule has 2 aromatic heterocycles. The van der Waals surface area contributed by atoms with Gasteiger partial charge in [-0.05, 0) is 42.7 Å². The van der Waals surface area contributed by atoms with Crippen molar-refractivity contribution in [2.24, 2.45) is 5.16 Å². The van der Waals surface area contributed by atoms with Crippen LogP contribution in [0, 0.1) is 0 Å². The van der Waals surface area contributed by atoms with Gasteiger partial charge in [0.25, 0.3) is 11.8 Å². The number of anilines is 1. The zero-order valence-corrected chi connectivity index (χ0v) is 29.2. The normalized spacial score (nSPS) is 17.5. The number of phenols is 2. The van der Waals surface area contributed by atoms with E-state index in [4.69, 9.17) is 10.6 Å². The van der Waals surface area contributed by atoms with Crippen LogP contribution in [0.5, 0.6) is 11.5 Å². The summed E-state index contributed by atoms with van der Waals surface area (Å²) in [5, 5.41) is 46.0. The fourth-order valence-electron chi connectivity index (χ4n) is 5.24. The minimum atomic E-state index is -1.78. The minimum Gasteiger partial charge on any atom is -0.504 e. The van der Waals surface area contributed by atoms with Gasteiger partial charge >= 0.3 is 11.9 Å². The number of nitrogen functional groups attached to an aromatic ring is 1. The summed E-state index contributed by atoms with van der Waals surface area (Å²) in [5.74, 6) is -4.32. The summed E-state index contributed by atoms with van der Waals surface area (Å²) in [5.41, 5.74) is 6.26. The summed E-state index contributed by atoms with van der Waals surface area (Å²) >= 11 is 2.29. The number of oxime groups is 1. The van der Waals surface area contributed by atoms with Crippen molar-refractivity contribution in [1.82, 2.24) is 19.8 Å². The van der Waals surface area contributed by atoms with Gasteiger partial charge in [0.2, 0.25) is 11.9 Å². The molecule has 2 amide bonds. The molecule has 52 heavy (non-hydrogen) atoms. The van der Waals surface area contributed by atoms with Gasteiger partial charge in [0.1, 0.15) is 47.4 Å². The number of benzene rings is 2. The fraction of sp³-hybridized carbons (Fsp3) is 0.206. The van der Waals surface area contributed by atoms with Gasteiger partial charge < -0.3 is 36.3 Å². The molecule has 6 rings (SSSR count). The second kappa shape index (κ2) is 14.2. The number of aromatic nitrogens is 3. The fourth-order valence-corrected chi connectivity index (χ4v) is 7.10. The minimum absolute atomic E-state index is 0.0121. The molecule has 2 aliphatic heterocycles. The van der Waals surface area contributed by atoms with Gasteiger partial charge in [-0.15, -0.1) is 23.1 Å². The van der Waals surface area contributed by atoms with Gasteiger partial charge in [0.15, 0.2) is 22.3 Å². The Hall–Kier alpha value is -6.14. The standard InChI is InChI=1S/C34H31N7O9S2/c1-34(2,32(48)49)50-38-25(22-16-52-33(35)36-22)28(44)37-26-29(45)41-27(31(46)47)20(15-51-30(26)41)8-7-18-3-5-19(6-4-18)14-39-11-12-40(17-39)21-9-10-23(42)24(43)13-21/h3-13,16-17,26,30H,14-15H2,1-2H3,(H6-,35,36,37,38,42,43,44,46,47,48,49)/p+1/b8-7+/t26-,30-/m1/s1. The number of fused-ring (bicyclic) bond motifs is 1. The molecule has 4 heterocycles. The van der Waals surface area contributed by atoms with Crippen LogP contribution in [0.4, 0.5) is 5.13 Å². The van der Waals surface area contributed by atoms with E-state index >= 15 is 0 Å². The third kappa shape index (κ3) is 7.33. The average molecular weight is 747 g/mol. The number of thiazole rings is 1. The molecule has 2 atom stereocenters. The number of nitrogens with one attached hydrogen (secondary N) is 1. The van der Waals surface area contributed by atoms with Crippen LogP contribution in [-0.4, -0.2) is 87.1 Å². The number of nitrogens with two attached hydrogens (primary N) is 1. The van der Waals surface area contributed by atoms with Gasteiger partial charge in [0.05, 0.1) is 0 Å².